The zero-order valence-corrected chi connectivity index (χ0v) is 19.8. The van der Waals surface area contributed by atoms with Gasteiger partial charge in [-0.1, -0.05) is 26.8 Å². The van der Waals surface area contributed by atoms with Crippen LogP contribution in [0.3, 0.4) is 0 Å². The minimum absolute atomic E-state index is 0. The van der Waals surface area contributed by atoms with Crippen molar-refractivity contribution >= 4 is 41.3 Å². The van der Waals surface area contributed by atoms with Crippen LogP contribution in [0.15, 0.2) is 28.6 Å². The molecule has 5 nitrogen and oxygen atoms in total. The van der Waals surface area contributed by atoms with Gasteiger partial charge in [0.25, 0.3) is 0 Å². The van der Waals surface area contributed by atoms with E-state index < -0.39 is 0 Å². The summed E-state index contributed by atoms with van der Waals surface area (Å²) >= 11 is 1.80. The van der Waals surface area contributed by atoms with Crippen molar-refractivity contribution in [2.24, 2.45) is 10.9 Å². The molecule has 0 saturated heterocycles. The minimum Gasteiger partial charge on any atom is -0.356 e. The lowest BCUT2D eigenvalue weighted by molar-refractivity contribution is 0.434. The molecule has 0 saturated carbocycles. The van der Waals surface area contributed by atoms with Crippen molar-refractivity contribution in [3.8, 4) is 0 Å². The number of aliphatic imine (C=N–C) groups is 1. The number of hydrogen-bond donors (Lipinski definition) is 2. The van der Waals surface area contributed by atoms with Gasteiger partial charge >= 0.3 is 0 Å². The van der Waals surface area contributed by atoms with Crippen LogP contribution in [0, 0.1) is 19.8 Å². The summed E-state index contributed by atoms with van der Waals surface area (Å²) in [6.45, 7) is 13.5. The smallest absolute Gasteiger partial charge is 0.191 e. The van der Waals surface area contributed by atoms with Gasteiger partial charge in [0.1, 0.15) is 0 Å². The maximum atomic E-state index is 4.54. The van der Waals surface area contributed by atoms with E-state index in [1.165, 1.54) is 10.6 Å². The van der Waals surface area contributed by atoms with Gasteiger partial charge in [-0.3, -0.25) is 9.67 Å². The zero-order valence-electron chi connectivity index (χ0n) is 16.7. The Labute approximate surface area is 178 Å². The standard InChI is InChI=1S/C19H31N5S.HI/c1-14(12-24-16(3)10-15(2)23-24)11-21-18(20-6)22-13-19(4,5)17-8-7-9-25-17;/h7-10,14H,11-13H2,1-6H3,(H2,20,21,22);1H. The third-order valence-electron chi connectivity index (χ3n) is 4.32. The molecule has 0 aliphatic rings. The molecule has 1 unspecified atom stereocenters. The Morgan fingerprint density at radius 1 is 1.35 bits per heavy atom. The fourth-order valence-electron chi connectivity index (χ4n) is 2.77. The summed E-state index contributed by atoms with van der Waals surface area (Å²) in [4.78, 5) is 5.73. The Morgan fingerprint density at radius 3 is 2.62 bits per heavy atom. The predicted molar refractivity (Wildman–Crippen MR) is 123 cm³/mol. The summed E-state index contributed by atoms with van der Waals surface area (Å²) < 4.78 is 2.08. The van der Waals surface area contributed by atoms with E-state index in [9.17, 15) is 0 Å². The lowest BCUT2D eigenvalue weighted by atomic mass is 9.91. The third-order valence-corrected chi connectivity index (χ3v) is 5.55. The molecule has 2 rings (SSSR count). The van der Waals surface area contributed by atoms with Gasteiger partial charge in [-0.2, -0.15) is 5.10 Å². The molecule has 2 heterocycles. The number of aromatic nitrogens is 2. The van der Waals surface area contributed by atoms with Crippen LogP contribution >= 0.6 is 35.3 Å². The molecule has 26 heavy (non-hydrogen) atoms. The van der Waals surface area contributed by atoms with E-state index in [1.54, 1.807) is 11.3 Å². The fourth-order valence-corrected chi connectivity index (χ4v) is 3.62. The molecule has 1 atom stereocenters. The number of guanidine groups is 1. The largest absolute Gasteiger partial charge is 0.356 e. The van der Waals surface area contributed by atoms with Crippen LogP contribution in [-0.4, -0.2) is 35.9 Å². The van der Waals surface area contributed by atoms with E-state index >= 15 is 0 Å². The van der Waals surface area contributed by atoms with E-state index in [0.717, 1.165) is 31.3 Å². The quantitative estimate of drug-likeness (QED) is 0.352. The number of hydrogen-bond acceptors (Lipinski definition) is 3. The van der Waals surface area contributed by atoms with E-state index in [1.807, 2.05) is 14.0 Å². The van der Waals surface area contributed by atoms with Gasteiger partial charge in [0, 0.05) is 42.7 Å². The second-order valence-corrected chi connectivity index (χ2v) is 8.33. The van der Waals surface area contributed by atoms with Gasteiger partial charge in [0.2, 0.25) is 0 Å². The van der Waals surface area contributed by atoms with Crippen LogP contribution in [0.4, 0.5) is 0 Å². The second kappa shape index (κ2) is 10.3. The molecule has 2 aromatic rings. The van der Waals surface area contributed by atoms with Gasteiger partial charge in [-0.25, -0.2) is 0 Å². The molecule has 2 aromatic heterocycles. The minimum atomic E-state index is 0. The number of rotatable bonds is 7. The van der Waals surface area contributed by atoms with Crippen molar-refractivity contribution in [3.63, 3.8) is 0 Å². The average molecular weight is 489 g/mol. The molecular weight excluding hydrogens is 457 g/mol. The molecule has 0 amide bonds. The van der Waals surface area contributed by atoms with Gasteiger partial charge in [0.15, 0.2) is 5.96 Å². The molecule has 0 radical (unpaired) electrons. The molecule has 0 spiro atoms. The number of thiophene rings is 1. The van der Waals surface area contributed by atoms with E-state index in [4.69, 9.17) is 0 Å². The Bertz CT molecular complexity index is 691. The van der Waals surface area contributed by atoms with Crippen molar-refractivity contribution in [2.75, 3.05) is 20.1 Å². The Hall–Kier alpha value is -1.09. The Morgan fingerprint density at radius 2 is 2.08 bits per heavy atom. The summed E-state index contributed by atoms with van der Waals surface area (Å²) in [6.07, 6.45) is 0. The predicted octanol–water partition coefficient (Wildman–Crippen LogP) is 3.96. The van der Waals surface area contributed by atoms with Crippen molar-refractivity contribution in [3.05, 3.63) is 39.8 Å². The van der Waals surface area contributed by atoms with Crippen LogP contribution < -0.4 is 10.6 Å². The average Bonchev–Trinajstić information content (AvgIpc) is 3.18. The number of halogens is 1. The first-order valence-electron chi connectivity index (χ1n) is 8.81. The molecule has 7 heteroatoms. The number of nitrogens with one attached hydrogen (secondary N) is 2. The SMILES string of the molecule is CN=C(NCC(C)Cn1nc(C)cc1C)NCC(C)(C)c1cccs1.I. The third kappa shape index (κ3) is 6.57. The van der Waals surface area contributed by atoms with Crippen LogP contribution in [0.25, 0.3) is 0 Å². The Balaban J connectivity index is 0.00000338. The monoisotopic (exact) mass is 489 g/mol. The lowest BCUT2D eigenvalue weighted by Gasteiger charge is -2.25. The molecule has 146 valence electrons. The summed E-state index contributed by atoms with van der Waals surface area (Å²) in [5, 5.41) is 13.6. The van der Waals surface area contributed by atoms with Crippen molar-refractivity contribution in [1.82, 2.24) is 20.4 Å². The lowest BCUT2D eigenvalue weighted by Crippen LogP contribution is -2.44. The van der Waals surface area contributed by atoms with Crippen molar-refractivity contribution in [1.29, 1.82) is 0 Å². The molecule has 0 bridgehead atoms. The molecule has 0 aliphatic heterocycles. The highest BCUT2D eigenvalue weighted by atomic mass is 127. The highest BCUT2D eigenvalue weighted by Crippen LogP contribution is 2.26. The highest BCUT2D eigenvalue weighted by Gasteiger charge is 2.22. The van der Waals surface area contributed by atoms with Crippen LogP contribution in [0.2, 0.25) is 0 Å². The van der Waals surface area contributed by atoms with Crippen molar-refractivity contribution < 1.29 is 0 Å². The number of aryl methyl sites for hydroxylation is 2. The molecular formula is C19H32IN5S. The van der Waals surface area contributed by atoms with Gasteiger partial charge < -0.3 is 10.6 Å². The highest BCUT2D eigenvalue weighted by molar-refractivity contribution is 14.0. The molecule has 0 aliphatic carbocycles. The van der Waals surface area contributed by atoms with Crippen LogP contribution in [-0.2, 0) is 12.0 Å². The maximum absolute atomic E-state index is 4.54. The zero-order chi connectivity index (χ0) is 18.4. The molecule has 0 aromatic carbocycles. The molecule has 0 fully saturated rings. The first kappa shape index (κ1) is 23.0. The second-order valence-electron chi connectivity index (χ2n) is 7.38. The first-order valence-corrected chi connectivity index (χ1v) is 9.69. The van der Waals surface area contributed by atoms with Gasteiger partial charge in [-0.15, -0.1) is 35.3 Å². The summed E-state index contributed by atoms with van der Waals surface area (Å²) in [5.41, 5.74) is 2.37. The van der Waals surface area contributed by atoms with E-state index in [0.29, 0.717) is 5.92 Å². The van der Waals surface area contributed by atoms with Gasteiger partial charge in [0.05, 0.1) is 5.69 Å². The van der Waals surface area contributed by atoms with Gasteiger partial charge in [-0.05, 0) is 37.3 Å². The first-order chi connectivity index (χ1) is 11.8. The summed E-state index contributed by atoms with van der Waals surface area (Å²) in [6, 6.07) is 6.42. The topological polar surface area (TPSA) is 54.2 Å². The van der Waals surface area contributed by atoms with Crippen LogP contribution in [0.1, 0.15) is 37.0 Å². The maximum Gasteiger partial charge on any atom is 0.191 e. The molecule has 2 N–H and O–H groups in total. The van der Waals surface area contributed by atoms with E-state index in [2.05, 4.69) is 76.7 Å². The number of nitrogens with zero attached hydrogens (tertiary/aromatic N) is 3. The van der Waals surface area contributed by atoms with Crippen molar-refractivity contribution in [2.45, 2.75) is 46.6 Å². The van der Waals surface area contributed by atoms with E-state index in [-0.39, 0.29) is 29.4 Å². The Kier molecular flexibility index (Phi) is 9.09. The normalized spacial score (nSPS) is 13.2. The summed E-state index contributed by atoms with van der Waals surface area (Å²) in [7, 11) is 1.82. The summed E-state index contributed by atoms with van der Waals surface area (Å²) in [5.74, 6) is 1.31. The van der Waals surface area contributed by atoms with Crippen LogP contribution in [0.5, 0.6) is 0 Å². The fraction of sp³-hybridized carbons (Fsp3) is 0.579.